The Morgan fingerprint density at radius 2 is 2.18 bits per heavy atom. The summed E-state index contributed by atoms with van der Waals surface area (Å²) < 4.78 is 18.9. The van der Waals surface area contributed by atoms with Crippen molar-refractivity contribution in [3.05, 3.63) is 39.8 Å². The molecule has 0 amide bonds. The Balaban J connectivity index is 2.19. The summed E-state index contributed by atoms with van der Waals surface area (Å²) in [4.78, 5) is 7.26. The van der Waals surface area contributed by atoms with Gasteiger partial charge in [-0.25, -0.2) is 9.37 Å². The number of hydrogen-bond acceptors (Lipinski definition) is 2. The quantitative estimate of drug-likeness (QED) is 0.724. The lowest BCUT2D eigenvalue weighted by Crippen LogP contribution is -1.77. The summed E-state index contributed by atoms with van der Waals surface area (Å²) in [7, 11) is 0. The molecule has 0 bridgehead atoms. The van der Waals surface area contributed by atoms with Crippen molar-refractivity contribution < 1.29 is 8.81 Å². The van der Waals surface area contributed by atoms with Gasteiger partial charge in [0, 0.05) is 6.07 Å². The molecule has 17 heavy (non-hydrogen) atoms. The summed E-state index contributed by atoms with van der Waals surface area (Å²) in [6.45, 7) is 0. The SMILES string of the molecule is Fc1cc2[nH]c(-c3ccc(Cl)o3)nc2cc1Br. The van der Waals surface area contributed by atoms with Crippen molar-refractivity contribution in [1.82, 2.24) is 9.97 Å². The van der Waals surface area contributed by atoms with E-state index < -0.39 is 0 Å². The first kappa shape index (κ1) is 10.8. The Bertz CT molecular complexity index is 668. The molecule has 0 unspecified atom stereocenters. The molecular weight excluding hydrogens is 310 g/mol. The number of hydrogen-bond donors (Lipinski definition) is 1. The van der Waals surface area contributed by atoms with E-state index in [1.807, 2.05) is 0 Å². The van der Waals surface area contributed by atoms with Gasteiger partial charge in [0.05, 0.1) is 15.5 Å². The van der Waals surface area contributed by atoms with E-state index in [4.69, 9.17) is 16.0 Å². The Morgan fingerprint density at radius 1 is 1.35 bits per heavy atom. The highest BCUT2D eigenvalue weighted by atomic mass is 79.9. The molecule has 0 saturated heterocycles. The van der Waals surface area contributed by atoms with Crippen LogP contribution in [-0.4, -0.2) is 9.97 Å². The number of furan rings is 1. The van der Waals surface area contributed by atoms with Gasteiger partial charge in [-0.15, -0.1) is 0 Å². The van der Waals surface area contributed by atoms with Crippen molar-refractivity contribution in [2.75, 3.05) is 0 Å². The van der Waals surface area contributed by atoms with Crippen molar-refractivity contribution >= 4 is 38.6 Å². The third-order valence-corrected chi connectivity index (χ3v) is 3.14. The normalized spacial score (nSPS) is 11.2. The van der Waals surface area contributed by atoms with Gasteiger partial charge in [-0.3, -0.25) is 0 Å². The second kappa shape index (κ2) is 3.85. The van der Waals surface area contributed by atoms with Crippen molar-refractivity contribution in [1.29, 1.82) is 0 Å². The fraction of sp³-hybridized carbons (Fsp3) is 0. The van der Waals surface area contributed by atoms with E-state index in [-0.39, 0.29) is 11.0 Å². The van der Waals surface area contributed by atoms with Crippen molar-refractivity contribution in [2.45, 2.75) is 0 Å². The Labute approximate surface area is 109 Å². The number of aromatic nitrogens is 2. The molecule has 0 atom stereocenters. The van der Waals surface area contributed by atoms with Gasteiger partial charge in [0.25, 0.3) is 0 Å². The first-order valence-corrected chi connectivity index (χ1v) is 5.91. The standard InChI is InChI=1S/C11H5BrClFN2O/c12-5-3-7-8(4-6(5)14)16-11(15-7)9-1-2-10(13)17-9/h1-4H,(H,15,16). The lowest BCUT2D eigenvalue weighted by atomic mass is 10.3. The van der Waals surface area contributed by atoms with Gasteiger partial charge >= 0.3 is 0 Å². The van der Waals surface area contributed by atoms with Crippen LogP contribution in [0.3, 0.4) is 0 Å². The average Bonchev–Trinajstić information content (AvgIpc) is 2.85. The second-order valence-corrected chi connectivity index (χ2v) is 4.70. The molecule has 0 radical (unpaired) electrons. The van der Waals surface area contributed by atoms with Crippen molar-refractivity contribution in [3.63, 3.8) is 0 Å². The fourth-order valence-electron chi connectivity index (χ4n) is 1.56. The molecule has 3 nitrogen and oxygen atoms in total. The van der Waals surface area contributed by atoms with Crippen LogP contribution in [0.4, 0.5) is 4.39 Å². The summed E-state index contributed by atoms with van der Waals surface area (Å²) in [5, 5.41) is 0.285. The van der Waals surface area contributed by atoms with Gasteiger partial charge in [0.15, 0.2) is 16.8 Å². The summed E-state index contributed by atoms with van der Waals surface area (Å²) in [5.41, 5.74) is 1.26. The Hall–Kier alpha value is -1.33. The molecule has 0 aliphatic carbocycles. The van der Waals surface area contributed by atoms with Crippen LogP contribution in [-0.2, 0) is 0 Å². The van der Waals surface area contributed by atoms with Gasteiger partial charge in [-0.1, -0.05) is 0 Å². The van der Waals surface area contributed by atoms with Gasteiger partial charge in [-0.05, 0) is 45.7 Å². The minimum Gasteiger partial charge on any atom is -0.441 e. The predicted molar refractivity (Wildman–Crippen MR) is 66.5 cm³/mol. The predicted octanol–water partition coefficient (Wildman–Crippen LogP) is 4.38. The van der Waals surface area contributed by atoms with Crippen LogP contribution >= 0.6 is 27.5 Å². The highest BCUT2D eigenvalue weighted by molar-refractivity contribution is 9.10. The van der Waals surface area contributed by atoms with Gasteiger partial charge < -0.3 is 9.40 Å². The number of fused-ring (bicyclic) bond motifs is 1. The third-order valence-electron chi connectivity index (χ3n) is 2.33. The number of benzene rings is 1. The zero-order valence-electron chi connectivity index (χ0n) is 8.30. The molecule has 0 saturated carbocycles. The molecule has 0 spiro atoms. The Morgan fingerprint density at radius 3 is 2.88 bits per heavy atom. The molecule has 1 N–H and O–H groups in total. The molecule has 1 aromatic carbocycles. The van der Waals surface area contributed by atoms with E-state index in [1.165, 1.54) is 6.07 Å². The van der Waals surface area contributed by atoms with Gasteiger partial charge in [0.1, 0.15) is 5.82 Å². The van der Waals surface area contributed by atoms with E-state index in [9.17, 15) is 4.39 Å². The van der Waals surface area contributed by atoms with E-state index in [0.717, 1.165) is 0 Å². The zero-order valence-corrected chi connectivity index (χ0v) is 10.6. The van der Waals surface area contributed by atoms with Crippen LogP contribution in [0.5, 0.6) is 0 Å². The number of imidazole rings is 1. The Kier molecular flexibility index (Phi) is 2.45. The maximum atomic E-state index is 13.3. The third kappa shape index (κ3) is 1.85. The number of nitrogens with zero attached hydrogens (tertiary/aromatic N) is 1. The van der Waals surface area contributed by atoms with Crippen LogP contribution in [0, 0.1) is 5.82 Å². The monoisotopic (exact) mass is 314 g/mol. The van der Waals surface area contributed by atoms with Crippen LogP contribution in [0.25, 0.3) is 22.6 Å². The zero-order chi connectivity index (χ0) is 12.0. The molecule has 0 fully saturated rings. The van der Waals surface area contributed by atoms with E-state index in [2.05, 4.69) is 25.9 Å². The molecule has 3 aromatic rings. The van der Waals surface area contributed by atoms with Crippen LogP contribution in [0.15, 0.2) is 33.2 Å². The van der Waals surface area contributed by atoms with E-state index in [1.54, 1.807) is 18.2 Å². The summed E-state index contributed by atoms with van der Waals surface area (Å²) in [6, 6.07) is 6.31. The van der Waals surface area contributed by atoms with E-state index in [0.29, 0.717) is 27.1 Å². The number of nitrogens with one attached hydrogen (secondary N) is 1. The molecular formula is C11H5BrClFN2O. The molecule has 2 aromatic heterocycles. The fourth-order valence-corrected chi connectivity index (χ4v) is 2.04. The highest BCUT2D eigenvalue weighted by Crippen LogP contribution is 2.27. The molecule has 2 heterocycles. The van der Waals surface area contributed by atoms with Crippen molar-refractivity contribution in [2.24, 2.45) is 0 Å². The maximum Gasteiger partial charge on any atom is 0.194 e. The van der Waals surface area contributed by atoms with Crippen LogP contribution < -0.4 is 0 Å². The average molecular weight is 316 g/mol. The summed E-state index contributed by atoms with van der Waals surface area (Å²) in [6.07, 6.45) is 0. The summed E-state index contributed by atoms with van der Waals surface area (Å²) in [5.74, 6) is 0.692. The molecule has 3 rings (SSSR count). The topological polar surface area (TPSA) is 41.8 Å². The number of aromatic amines is 1. The number of H-pyrrole nitrogens is 1. The van der Waals surface area contributed by atoms with E-state index >= 15 is 0 Å². The van der Waals surface area contributed by atoms with Gasteiger partial charge in [0.2, 0.25) is 0 Å². The minimum atomic E-state index is -0.342. The van der Waals surface area contributed by atoms with Crippen LogP contribution in [0.1, 0.15) is 0 Å². The molecule has 0 aliphatic rings. The first-order chi connectivity index (χ1) is 8.13. The minimum absolute atomic E-state index is 0.285. The largest absolute Gasteiger partial charge is 0.441 e. The van der Waals surface area contributed by atoms with Gasteiger partial charge in [-0.2, -0.15) is 0 Å². The molecule has 0 aliphatic heterocycles. The number of halogens is 3. The smallest absolute Gasteiger partial charge is 0.194 e. The number of rotatable bonds is 1. The van der Waals surface area contributed by atoms with Crippen molar-refractivity contribution in [3.8, 4) is 11.6 Å². The highest BCUT2D eigenvalue weighted by Gasteiger charge is 2.11. The summed E-state index contributed by atoms with van der Waals surface area (Å²) >= 11 is 8.80. The second-order valence-electron chi connectivity index (χ2n) is 3.47. The maximum absolute atomic E-state index is 13.3. The molecule has 6 heteroatoms. The lowest BCUT2D eigenvalue weighted by molar-refractivity contribution is 0.580. The molecule has 86 valence electrons. The lowest BCUT2D eigenvalue weighted by Gasteiger charge is -1.92. The van der Waals surface area contributed by atoms with Crippen LogP contribution in [0.2, 0.25) is 5.22 Å². The first-order valence-electron chi connectivity index (χ1n) is 4.74.